The molecule has 2 aliphatic heterocycles. The third-order valence-corrected chi connectivity index (χ3v) is 6.01. The van der Waals surface area contributed by atoms with E-state index in [1.165, 1.54) is 5.56 Å². The van der Waals surface area contributed by atoms with Crippen LogP contribution in [0.15, 0.2) is 48.5 Å². The summed E-state index contributed by atoms with van der Waals surface area (Å²) in [6.45, 7) is 6.07. The Morgan fingerprint density at radius 1 is 0.912 bits per heavy atom. The molecule has 0 aromatic heterocycles. The van der Waals surface area contributed by atoms with Gasteiger partial charge in [0.05, 0.1) is 6.42 Å². The molecule has 8 heteroatoms. The number of nitrogens with zero attached hydrogens (tertiary/aromatic N) is 2. The summed E-state index contributed by atoms with van der Waals surface area (Å²) in [7, 11) is 0. The molecule has 0 N–H and O–H groups in total. The summed E-state index contributed by atoms with van der Waals surface area (Å²) in [5.41, 5.74) is 1.70. The molecule has 1 atom stereocenters. The van der Waals surface area contributed by atoms with Crippen LogP contribution in [0, 0.1) is 0 Å². The van der Waals surface area contributed by atoms with Crippen molar-refractivity contribution in [2.75, 3.05) is 39.4 Å². The van der Waals surface area contributed by atoms with Gasteiger partial charge in [-0.25, -0.2) is 0 Å². The van der Waals surface area contributed by atoms with Crippen molar-refractivity contribution in [1.29, 1.82) is 0 Å². The summed E-state index contributed by atoms with van der Waals surface area (Å²) < 4.78 is 16.3. The number of Topliss-reactive ketones (excluding diaryl/α,β-unsaturated/α-hetero) is 1. The number of fused-ring (bicyclic) bond motifs is 1. The fraction of sp³-hybridized carbons (Fsp3) is 0.423. The van der Waals surface area contributed by atoms with Gasteiger partial charge in [-0.1, -0.05) is 30.3 Å². The zero-order valence-corrected chi connectivity index (χ0v) is 19.4. The van der Waals surface area contributed by atoms with E-state index in [1.54, 1.807) is 30.0 Å². The van der Waals surface area contributed by atoms with Crippen molar-refractivity contribution in [2.24, 2.45) is 0 Å². The second-order valence-electron chi connectivity index (χ2n) is 8.50. The number of benzene rings is 2. The summed E-state index contributed by atoms with van der Waals surface area (Å²) in [5.74, 6) is 0.181. The van der Waals surface area contributed by atoms with Gasteiger partial charge >= 0.3 is 5.97 Å². The van der Waals surface area contributed by atoms with Crippen LogP contribution in [0.25, 0.3) is 0 Å². The van der Waals surface area contributed by atoms with Crippen molar-refractivity contribution in [2.45, 2.75) is 32.4 Å². The van der Waals surface area contributed by atoms with Crippen molar-refractivity contribution in [3.63, 3.8) is 0 Å². The molecule has 0 spiro atoms. The highest BCUT2D eigenvalue weighted by Crippen LogP contribution is 2.31. The minimum absolute atomic E-state index is 0.00243. The Morgan fingerprint density at radius 2 is 1.62 bits per heavy atom. The average molecular weight is 467 g/mol. The average Bonchev–Trinajstić information content (AvgIpc) is 2.87. The van der Waals surface area contributed by atoms with Gasteiger partial charge in [0, 0.05) is 44.7 Å². The number of amides is 1. The highest BCUT2D eigenvalue weighted by molar-refractivity contribution is 5.98. The van der Waals surface area contributed by atoms with Crippen LogP contribution >= 0.6 is 0 Å². The van der Waals surface area contributed by atoms with E-state index in [0.717, 1.165) is 19.6 Å². The smallest absolute Gasteiger partial charge is 0.307 e. The van der Waals surface area contributed by atoms with Crippen molar-refractivity contribution < 1.29 is 28.6 Å². The van der Waals surface area contributed by atoms with Crippen LogP contribution in [0.1, 0.15) is 35.7 Å². The number of hydrogen-bond acceptors (Lipinski definition) is 7. The van der Waals surface area contributed by atoms with Gasteiger partial charge in [-0.3, -0.25) is 19.3 Å². The van der Waals surface area contributed by atoms with E-state index in [0.29, 0.717) is 43.4 Å². The molecule has 1 saturated heterocycles. The number of ketones is 1. The van der Waals surface area contributed by atoms with Crippen LogP contribution in [0.2, 0.25) is 0 Å². The molecule has 0 aliphatic carbocycles. The molecule has 1 fully saturated rings. The highest BCUT2D eigenvalue weighted by Gasteiger charge is 2.27. The van der Waals surface area contributed by atoms with Gasteiger partial charge in [0.25, 0.3) is 5.91 Å². The first-order valence-electron chi connectivity index (χ1n) is 11.7. The molecule has 1 amide bonds. The first-order chi connectivity index (χ1) is 16.5. The van der Waals surface area contributed by atoms with Crippen molar-refractivity contribution >= 4 is 17.7 Å². The second-order valence-corrected chi connectivity index (χ2v) is 8.50. The van der Waals surface area contributed by atoms with Gasteiger partial charge in [0.15, 0.2) is 23.4 Å². The molecule has 0 radical (unpaired) electrons. The Labute approximate surface area is 199 Å². The maximum absolute atomic E-state index is 12.7. The molecule has 4 rings (SSSR count). The Morgan fingerprint density at radius 3 is 2.35 bits per heavy atom. The van der Waals surface area contributed by atoms with Crippen LogP contribution in [0.3, 0.4) is 0 Å². The topological polar surface area (TPSA) is 85.4 Å². The minimum Gasteiger partial charge on any atom is -0.486 e. The second kappa shape index (κ2) is 11.2. The Hall–Kier alpha value is -3.39. The SMILES string of the molecule is CC(OC(=O)CCC(=O)c1ccc2c(c1)OCCO2)C(=O)N1CCN(Cc2ccccc2)CC1. The lowest BCUT2D eigenvalue weighted by molar-refractivity contribution is -0.159. The fourth-order valence-corrected chi connectivity index (χ4v) is 4.11. The molecular weight excluding hydrogens is 436 g/mol. The Kier molecular flexibility index (Phi) is 7.80. The monoisotopic (exact) mass is 466 g/mol. The molecule has 2 aromatic carbocycles. The summed E-state index contributed by atoms with van der Waals surface area (Å²) in [4.78, 5) is 41.5. The van der Waals surface area contributed by atoms with E-state index in [4.69, 9.17) is 14.2 Å². The van der Waals surface area contributed by atoms with Crippen LogP contribution in [-0.4, -0.2) is 73.0 Å². The molecule has 2 aromatic rings. The third kappa shape index (κ3) is 6.14. The zero-order chi connectivity index (χ0) is 23.9. The number of ether oxygens (including phenoxy) is 3. The summed E-state index contributed by atoms with van der Waals surface area (Å²) >= 11 is 0. The highest BCUT2D eigenvalue weighted by atomic mass is 16.6. The number of carbonyl (C=O) groups excluding carboxylic acids is 3. The van der Waals surface area contributed by atoms with E-state index < -0.39 is 12.1 Å². The van der Waals surface area contributed by atoms with Gasteiger partial charge in [-0.15, -0.1) is 0 Å². The maximum atomic E-state index is 12.7. The number of piperazine rings is 1. The Balaban J connectivity index is 1.19. The molecular formula is C26H30N2O6. The molecule has 8 nitrogen and oxygen atoms in total. The lowest BCUT2D eigenvalue weighted by Gasteiger charge is -2.35. The van der Waals surface area contributed by atoms with E-state index >= 15 is 0 Å². The molecule has 0 bridgehead atoms. The van der Waals surface area contributed by atoms with E-state index in [-0.39, 0.29) is 24.5 Å². The number of esters is 1. The largest absolute Gasteiger partial charge is 0.486 e. The van der Waals surface area contributed by atoms with Crippen molar-refractivity contribution in [3.05, 3.63) is 59.7 Å². The quantitative estimate of drug-likeness (QED) is 0.437. The van der Waals surface area contributed by atoms with Gasteiger partial charge in [-0.2, -0.15) is 0 Å². The lowest BCUT2D eigenvalue weighted by atomic mass is 10.1. The van der Waals surface area contributed by atoms with E-state index in [9.17, 15) is 14.4 Å². The lowest BCUT2D eigenvalue weighted by Crippen LogP contribution is -2.51. The number of rotatable bonds is 8. The van der Waals surface area contributed by atoms with Crippen LogP contribution < -0.4 is 9.47 Å². The van der Waals surface area contributed by atoms with Gasteiger partial charge in [0.2, 0.25) is 0 Å². The fourth-order valence-electron chi connectivity index (χ4n) is 4.11. The predicted octanol–water partition coefficient (Wildman–Crippen LogP) is 2.70. The van der Waals surface area contributed by atoms with Crippen molar-refractivity contribution in [1.82, 2.24) is 9.80 Å². The normalized spacial score (nSPS) is 16.6. The van der Waals surface area contributed by atoms with E-state index in [1.807, 2.05) is 18.2 Å². The predicted molar refractivity (Wildman–Crippen MR) is 125 cm³/mol. The maximum Gasteiger partial charge on any atom is 0.307 e. The summed E-state index contributed by atoms with van der Waals surface area (Å²) in [6, 6.07) is 15.2. The zero-order valence-electron chi connectivity index (χ0n) is 19.4. The number of carbonyl (C=O) groups is 3. The molecule has 0 saturated carbocycles. The van der Waals surface area contributed by atoms with Crippen LogP contribution in [0.4, 0.5) is 0 Å². The van der Waals surface area contributed by atoms with E-state index in [2.05, 4.69) is 17.0 Å². The minimum atomic E-state index is -0.877. The number of hydrogen-bond donors (Lipinski definition) is 0. The van der Waals surface area contributed by atoms with Gasteiger partial charge < -0.3 is 19.1 Å². The van der Waals surface area contributed by atoms with Gasteiger partial charge in [-0.05, 0) is 30.7 Å². The molecule has 1 unspecified atom stereocenters. The molecule has 180 valence electrons. The van der Waals surface area contributed by atoms with Crippen LogP contribution in [-0.2, 0) is 20.9 Å². The van der Waals surface area contributed by atoms with Crippen molar-refractivity contribution in [3.8, 4) is 11.5 Å². The summed E-state index contributed by atoms with van der Waals surface area (Å²) in [6.07, 6.45) is -0.967. The first kappa shape index (κ1) is 23.8. The molecule has 2 heterocycles. The molecule has 34 heavy (non-hydrogen) atoms. The molecule has 2 aliphatic rings. The Bertz CT molecular complexity index is 1020. The van der Waals surface area contributed by atoms with Gasteiger partial charge in [0.1, 0.15) is 13.2 Å². The van der Waals surface area contributed by atoms with Crippen LogP contribution in [0.5, 0.6) is 11.5 Å². The standard InChI is InChI=1S/C26H30N2O6/c1-19(26(31)28-13-11-27(12-14-28)18-20-5-3-2-4-6-20)34-25(30)10-8-22(29)21-7-9-23-24(17-21)33-16-15-32-23/h2-7,9,17,19H,8,10-16,18H2,1H3. The first-order valence-corrected chi connectivity index (χ1v) is 11.7. The third-order valence-electron chi connectivity index (χ3n) is 6.01. The summed E-state index contributed by atoms with van der Waals surface area (Å²) in [5, 5.41) is 0.